The van der Waals surface area contributed by atoms with Gasteiger partial charge >= 0.3 is 0 Å². The molecule has 1 N–H and O–H groups in total. The van der Waals surface area contributed by atoms with E-state index in [9.17, 15) is 4.79 Å². The number of aromatic nitrogens is 2. The molecular weight excluding hydrogens is 230 g/mol. The maximum Gasteiger partial charge on any atom is 0.271 e. The third-order valence-electron chi connectivity index (χ3n) is 2.04. The number of amides is 1. The Morgan fingerprint density at radius 3 is 3.06 bits per heavy atom. The smallest absolute Gasteiger partial charge is 0.271 e. The lowest BCUT2D eigenvalue weighted by Gasteiger charge is -2.08. The minimum absolute atomic E-state index is 0.0750. The van der Waals surface area contributed by atoms with Crippen LogP contribution in [-0.4, -0.2) is 41.3 Å². The predicted octanol–water partition coefficient (Wildman–Crippen LogP) is 0.794. The van der Waals surface area contributed by atoms with Gasteiger partial charge in [0.25, 0.3) is 5.91 Å². The molecule has 0 saturated heterocycles. The fourth-order valence-electron chi connectivity index (χ4n) is 1.23. The molecule has 0 aliphatic rings. The summed E-state index contributed by atoms with van der Waals surface area (Å²) in [7, 11) is 3.37. The van der Waals surface area contributed by atoms with Crippen LogP contribution in [-0.2, 0) is 11.8 Å². The van der Waals surface area contributed by atoms with Gasteiger partial charge in [-0.3, -0.25) is 9.48 Å². The average molecular weight is 246 g/mol. The number of halogens is 1. The quantitative estimate of drug-likeness (QED) is 0.754. The summed E-state index contributed by atoms with van der Waals surface area (Å²) in [6, 6.07) is 1.67. The number of carbonyl (C=O) groups is 1. The van der Waals surface area contributed by atoms with Crippen LogP contribution in [0.1, 0.15) is 16.9 Å². The largest absolute Gasteiger partial charge is 0.383 e. The van der Waals surface area contributed by atoms with Crippen LogP contribution in [0.3, 0.4) is 0 Å². The molecule has 0 saturated carbocycles. The molecule has 1 amide bonds. The van der Waals surface area contributed by atoms with Gasteiger partial charge in [-0.1, -0.05) is 0 Å². The Bertz CT molecular complexity index is 341. The van der Waals surface area contributed by atoms with Gasteiger partial charge in [0.05, 0.1) is 12.0 Å². The van der Waals surface area contributed by atoms with Crippen LogP contribution < -0.4 is 5.32 Å². The second-order valence-corrected chi connectivity index (χ2v) is 4.09. The van der Waals surface area contributed by atoms with Crippen molar-refractivity contribution in [1.82, 2.24) is 15.1 Å². The molecule has 0 aromatic carbocycles. The monoisotopic (exact) mass is 245 g/mol. The SMILES string of the molecule is COCC(Cl)CCNC(=O)c1ccn(C)n1. The number of methoxy groups -OCH3 is 1. The minimum Gasteiger partial charge on any atom is -0.383 e. The van der Waals surface area contributed by atoms with E-state index in [-0.39, 0.29) is 11.3 Å². The van der Waals surface area contributed by atoms with Crippen molar-refractivity contribution in [2.45, 2.75) is 11.8 Å². The maximum absolute atomic E-state index is 11.5. The third kappa shape index (κ3) is 4.20. The second kappa shape index (κ2) is 6.50. The van der Waals surface area contributed by atoms with Crippen molar-refractivity contribution in [3.63, 3.8) is 0 Å². The summed E-state index contributed by atoms with van der Waals surface area (Å²) in [5.41, 5.74) is 0.417. The molecule has 1 aromatic rings. The van der Waals surface area contributed by atoms with Gasteiger partial charge in [0, 0.05) is 26.9 Å². The maximum atomic E-state index is 11.5. The number of hydrogen-bond donors (Lipinski definition) is 1. The van der Waals surface area contributed by atoms with Gasteiger partial charge in [-0.15, -0.1) is 11.6 Å². The Morgan fingerprint density at radius 2 is 2.50 bits per heavy atom. The van der Waals surface area contributed by atoms with Crippen molar-refractivity contribution in [2.75, 3.05) is 20.3 Å². The number of nitrogens with zero attached hydrogens (tertiary/aromatic N) is 2. The molecule has 1 heterocycles. The molecule has 0 bridgehead atoms. The van der Waals surface area contributed by atoms with Crippen molar-refractivity contribution in [3.8, 4) is 0 Å². The molecule has 6 heteroatoms. The van der Waals surface area contributed by atoms with Crippen LogP contribution in [0.4, 0.5) is 0 Å². The summed E-state index contributed by atoms with van der Waals surface area (Å²) in [6.45, 7) is 1.01. The van der Waals surface area contributed by atoms with Gasteiger partial charge in [0.15, 0.2) is 0 Å². The van der Waals surface area contributed by atoms with Crippen molar-refractivity contribution in [2.24, 2.45) is 7.05 Å². The Hall–Kier alpha value is -1.07. The number of rotatable bonds is 6. The highest BCUT2D eigenvalue weighted by molar-refractivity contribution is 6.20. The first kappa shape index (κ1) is 13.0. The highest BCUT2D eigenvalue weighted by Gasteiger charge is 2.09. The molecule has 1 rings (SSSR count). The van der Waals surface area contributed by atoms with E-state index in [1.54, 1.807) is 31.1 Å². The molecule has 1 aromatic heterocycles. The van der Waals surface area contributed by atoms with Gasteiger partial charge in [0.1, 0.15) is 5.69 Å². The molecule has 0 aliphatic carbocycles. The summed E-state index contributed by atoms with van der Waals surface area (Å²) < 4.78 is 6.48. The lowest BCUT2D eigenvalue weighted by Crippen LogP contribution is -2.27. The molecule has 1 unspecified atom stereocenters. The van der Waals surface area contributed by atoms with Crippen LogP contribution in [0, 0.1) is 0 Å². The fourth-order valence-corrected chi connectivity index (χ4v) is 1.47. The number of nitrogens with one attached hydrogen (secondary N) is 1. The lowest BCUT2D eigenvalue weighted by atomic mass is 10.3. The van der Waals surface area contributed by atoms with E-state index in [1.165, 1.54) is 0 Å². The molecule has 0 spiro atoms. The van der Waals surface area contributed by atoms with Gasteiger partial charge in [-0.05, 0) is 12.5 Å². The summed E-state index contributed by atoms with van der Waals surface area (Å²) in [5.74, 6) is -0.179. The Kier molecular flexibility index (Phi) is 5.28. The second-order valence-electron chi connectivity index (χ2n) is 3.47. The van der Waals surface area contributed by atoms with Crippen molar-refractivity contribution < 1.29 is 9.53 Å². The van der Waals surface area contributed by atoms with Crippen LogP contribution in [0.2, 0.25) is 0 Å². The first-order valence-corrected chi connectivity index (χ1v) is 5.48. The van der Waals surface area contributed by atoms with Gasteiger partial charge in [0.2, 0.25) is 0 Å². The van der Waals surface area contributed by atoms with Crippen molar-refractivity contribution in [1.29, 1.82) is 0 Å². The fraction of sp³-hybridized carbons (Fsp3) is 0.600. The first-order chi connectivity index (χ1) is 7.63. The van der Waals surface area contributed by atoms with E-state index in [0.717, 1.165) is 0 Å². The molecule has 0 radical (unpaired) electrons. The minimum atomic E-state index is -0.179. The van der Waals surface area contributed by atoms with E-state index in [2.05, 4.69) is 10.4 Å². The summed E-state index contributed by atoms with van der Waals surface area (Å²) in [4.78, 5) is 11.5. The molecule has 0 fully saturated rings. The van der Waals surface area contributed by atoms with Crippen LogP contribution >= 0.6 is 11.6 Å². The zero-order chi connectivity index (χ0) is 12.0. The van der Waals surface area contributed by atoms with Crippen LogP contribution in [0.25, 0.3) is 0 Å². The van der Waals surface area contributed by atoms with E-state index in [4.69, 9.17) is 16.3 Å². The third-order valence-corrected chi connectivity index (χ3v) is 2.38. The molecule has 1 atom stereocenters. The van der Waals surface area contributed by atoms with E-state index >= 15 is 0 Å². The highest BCUT2D eigenvalue weighted by Crippen LogP contribution is 2.01. The van der Waals surface area contributed by atoms with Crippen molar-refractivity contribution >= 4 is 17.5 Å². The molecule has 0 aliphatic heterocycles. The number of alkyl halides is 1. The van der Waals surface area contributed by atoms with E-state index in [1.807, 2.05) is 0 Å². The number of ether oxygens (including phenoxy) is 1. The number of hydrogen-bond acceptors (Lipinski definition) is 3. The van der Waals surface area contributed by atoms with E-state index in [0.29, 0.717) is 25.3 Å². The van der Waals surface area contributed by atoms with Gasteiger partial charge < -0.3 is 10.1 Å². The molecular formula is C10H16ClN3O2. The highest BCUT2D eigenvalue weighted by atomic mass is 35.5. The topological polar surface area (TPSA) is 56.1 Å². The molecule has 90 valence electrons. The summed E-state index contributed by atoms with van der Waals surface area (Å²) >= 11 is 5.92. The van der Waals surface area contributed by atoms with Crippen LogP contribution in [0.15, 0.2) is 12.3 Å². The Morgan fingerprint density at radius 1 is 1.75 bits per heavy atom. The number of aryl methyl sites for hydroxylation is 1. The average Bonchev–Trinajstić information content (AvgIpc) is 2.65. The Balaban J connectivity index is 2.25. The first-order valence-electron chi connectivity index (χ1n) is 5.04. The van der Waals surface area contributed by atoms with Crippen molar-refractivity contribution in [3.05, 3.63) is 18.0 Å². The standard InChI is InChI=1S/C10H16ClN3O2/c1-14-6-4-9(13-14)10(15)12-5-3-8(11)7-16-2/h4,6,8H,3,5,7H2,1-2H3,(H,12,15). The van der Waals surface area contributed by atoms with Crippen LogP contribution in [0.5, 0.6) is 0 Å². The summed E-state index contributed by atoms with van der Waals surface area (Å²) in [6.07, 6.45) is 2.40. The lowest BCUT2D eigenvalue weighted by molar-refractivity contribution is 0.0946. The van der Waals surface area contributed by atoms with E-state index < -0.39 is 0 Å². The molecule has 5 nitrogen and oxygen atoms in total. The summed E-state index contributed by atoms with van der Waals surface area (Å²) in [5, 5.41) is 6.66. The zero-order valence-corrected chi connectivity index (χ0v) is 10.2. The Labute approximate surface area is 99.7 Å². The molecule has 16 heavy (non-hydrogen) atoms. The normalized spacial score (nSPS) is 12.4. The number of carbonyl (C=O) groups excluding carboxylic acids is 1. The van der Waals surface area contributed by atoms with Gasteiger partial charge in [-0.25, -0.2) is 0 Å². The zero-order valence-electron chi connectivity index (χ0n) is 9.44. The predicted molar refractivity (Wildman–Crippen MR) is 61.7 cm³/mol. The van der Waals surface area contributed by atoms with Gasteiger partial charge in [-0.2, -0.15) is 5.10 Å².